The van der Waals surface area contributed by atoms with Gasteiger partial charge in [-0.1, -0.05) is 41.7 Å². The highest BCUT2D eigenvalue weighted by molar-refractivity contribution is 7.07. The van der Waals surface area contributed by atoms with Crippen molar-refractivity contribution in [2.24, 2.45) is 4.99 Å². The molecule has 4 rings (SSSR count). The van der Waals surface area contributed by atoms with Gasteiger partial charge < -0.3 is 14.2 Å². The minimum absolute atomic E-state index is 0.226. The largest absolute Gasteiger partial charge is 0.494 e. The van der Waals surface area contributed by atoms with Crippen LogP contribution in [0, 0.1) is 0 Å². The second-order valence-corrected chi connectivity index (χ2v) is 8.78. The van der Waals surface area contributed by atoms with E-state index in [4.69, 9.17) is 14.2 Å². The van der Waals surface area contributed by atoms with E-state index in [-0.39, 0.29) is 12.2 Å². The second kappa shape index (κ2) is 10.7. The van der Waals surface area contributed by atoms with Crippen LogP contribution in [0.25, 0.3) is 6.08 Å². The van der Waals surface area contributed by atoms with Crippen molar-refractivity contribution in [3.8, 4) is 11.5 Å². The molecule has 182 valence electrons. The van der Waals surface area contributed by atoms with Crippen molar-refractivity contribution >= 4 is 23.4 Å². The van der Waals surface area contributed by atoms with Crippen molar-refractivity contribution in [1.29, 1.82) is 0 Å². The summed E-state index contributed by atoms with van der Waals surface area (Å²) in [5.74, 6) is 0.936. The molecule has 3 aromatic rings. The van der Waals surface area contributed by atoms with Gasteiger partial charge in [0.05, 0.1) is 41.7 Å². The maximum absolute atomic E-state index is 13.7. The summed E-state index contributed by atoms with van der Waals surface area (Å²) in [5, 5.41) is 0. The lowest BCUT2D eigenvalue weighted by molar-refractivity contribution is -0.139. The van der Waals surface area contributed by atoms with Crippen molar-refractivity contribution < 1.29 is 19.0 Å². The Morgan fingerprint density at radius 1 is 1.03 bits per heavy atom. The lowest BCUT2D eigenvalue weighted by atomic mass is 9.96. The Morgan fingerprint density at radius 3 is 2.43 bits per heavy atom. The quantitative estimate of drug-likeness (QED) is 0.449. The van der Waals surface area contributed by atoms with Crippen LogP contribution in [0.1, 0.15) is 44.9 Å². The third kappa shape index (κ3) is 4.93. The van der Waals surface area contributed by atoms with E-state index in [2.05, 4.69) is 4.99 Å². The first-order valence-corrected chi connectivity index (χ1v) is 12.4. The molecule has 1 aromatic heterocycles. The minimum atomic E-state index is -0.662. The molecule has 2 aromatic carbocycles. The molecule has 1 unspecified atom stereocenters. The molecule has 0 fully saturated rings. The molecule has 1 aliphatic rings. The van der Waals surface area contributed by atoms with Crippen LogP contribution in [0.15, 0.2) is 69.6 Å². The number of esters is 1. The van der Waals surface area contributed by atoms with E-state index >= 15 is 0 Å². The van der Waals surface area contributed by atoms with Crippen molar-refractivity contribution in [1.82, 2.24) is 4.57 Å². The predicted octanol–water partition coefficient (Wildman–Crippen LogP) is 3.60. The van der Waals surface area contributed by atoms with Gasteiger partial charge >= 0.3 is 5.97 Å². The molecule has 8 heteroatoms. The van der Waals surface area contributed by atoms with Gasteiger partial charge in [0, 0.05) is 5.56 Å². The number of thiazole rings is 1. The molecular weight excluding hydrogens is 464 g/mol. The molecule has 0 saturated heterocycles. The highest BCUT2D eigenvalue weighted by Crippen LogP contribution is 2.31. The molecule has 0 bridgehead atoms. The summed E-state index contributed by atoms with van der Waals surface area (Å²) in [6.45, 7) is 8.66. The number of fused-ring (bicyclic) bond motifs is 1. The van der Waals surface area contributed by atoms with Gasteiger partial charge in [-0.15, -0.1) is 0 Å². The molecule has 1 atom stereocenters. The highest BCUT2D eigenvalue weighted by Gasteiger charge is 2.33. The monoisotopic (exact) mass is 492 g/mol. The summed E-state index contributed by atoms with van der Waals surface area (Å²) >= 11 is 1.29. The maximum Gasteiger partial charge on any atom is 0.338 e. The fourth-order valence-corrected chi connectivity index (χ4v) is 5.09. The van der Waals surface area contributed by atoms with Gasteiger partial charge in [0.2, 0.25) is 0 Å². The fourth-order valence-electron chi connectivity index (χ4n) is 4.05. The Balaban J connectivity index is 1.91. The number of hydrogen-bond donors (Lipinski definition) is 0. The van der Waals surface area contributed by atoms with Crippen LogP contribution in [-0.4, -0.2) is 30.4 Å². The predicted molar refractivity (Wildman–Crippen MR) is 136 cm³/mol. The highest BCUT2D eigenvalue weighted by atomic mass is 32.1. The number of allylic oxidation sites excluding steroid dienone is 1. The van der Waals surface area contributed by atoms with E-state index in [0.717, 1.165) is 16.9 Å². The number of nitrogens with zero attached hydrogens (tertiary/aromatic N) is 2. The zero-order valence-corrected chi connectivity index (χ0v) is 21.1. The number of rotatable bonds is 8. The molecule has 2 heterocycles. The van der Waals surface area contributed by atoms with Gasteiger partial charge in [0.25, 0.3) is 5.56 Å². The number of carbonyl (C=O) groups excluding carboxylic acids is 1. The number of aromatic nitrogens is 1. The van der Waals surface area contributed by atoms with E-state index in [0.29, 0.717) is 39.6 Å². The Labute approximate surface area is 207 Å². The molecule has 0 aliphatic carbocycles. The normalized spacial score (nSPS) is 15.4. The number of benzene rings is 2. The summed E-state index contributed by atoms with van der Waals surface area (Å²) in [6.07, 6.45) is 1.81. The van der Waals surface area contributed by atoms with E-state index < -0.39 is 12.0 Å². The molecule has 0 amide bonds. The van der Waals surface area contributed by atoms with Gasteiger partial charge in [-0.2, -0.15) is 0 Å². The average Bonchev–Trinajstić information content (AvgIpc) is 3.15. The zero-order valence-electron chi connectivity index (χ0n) is 20.2. The van der Waals surface area contributed by atoms with Crippen LogP contribution in [0.4, 0.5) is 0 Å². The first-order valence-electron chi connectivity index (χ1n) is 11.6. The van der Waals surface area contributed by atoms with E-state index in [1.54, 1.807) is 18.4 Å². The summed E-state index contributed by atoms with van der Waals surface area (Å²) in [4.78, 5) is 31.9. The number of carbonyl (C=O) groups is 1. The Hall–Kier alpha value is -3.65. The van der Waals surface area contributed by atoms with Crippen LogP contribution in [-0.2, 0) is 9.53 Å². The molecule has 0 spiro atoms. The third-order valence-electron chi connectivity index (χ3n) is 5.53. The molecule has 1 aliphatic heterocycles. The molecule has 7 nitrogen and oxygen atoms in total. The summed E-state index contributed by atoms with van der Waals surface area (Å²) in [6, 6.07) is 14.3. The van der Waals surface area contributed by atoms with Crippen molar-refractivity contribution in [2.75, 3.05) is 19.8 Å². The van der Waals surface area contributed by atoms with E-state index in [1.165, 1.54) is 11.3 Å². The number of ether oxygens (including phenoxy) is 3. The Morgan fingerprint density at radius 2 is 1.74 bits per heavy atom. The van der Waals surface area contributed by atoms with Crippen LogP contribution in [0.3, 0.4) is 0 Å². The molecule has 0 saturated carbocycles. The lowest BCUT2D eigenvalue weighted by Crippen LogP contribution is -2.39. The van der Waals surface area contributed by atoms with Crippen molar-refractivity contribution in [2.45, 2.75) is 33.7 Å². The van der Waals surface area contributed by atoms with E-state index in [1.807, 2.05) is 68.5 Å². The third-order valence-corrected chi connectivity index (χ3v) is 6.51. The molecule has 0 N–H and O–H groups in total. The number of hydrogen-bond acceptors (Lipinski definition) is 7. The van der Waals surface area contributed by atoms with Gasteiger partial charge in [0.1, 0.15) is 11.5 Å². The summed E-state index contributed by atoms with van der Waals surface area (Å²) < 4.78 is 18.7. The average molecular weight is 493 g/mol. The van der Waals surface area contributed by atoms with Crippen molar-refractivity contribution in [3.63, 3.8) is 0 Å². The van der Waals surface area contributed by atoms with Crippen LogP contribution < -0.4 is 24.4 Å². The van der Waals surface area contributed by atoms with Gasteiger partial charge in [-0.25, -0.2) is 9.79 Å². The van der Waals surface area contributed by atoms with Crippen molar-refractivity contribution in [3.05, 3.63) is 90.6 Å². The van der Waals surface area contributed by atoms with Gasteiger partial charge in [0.15, 0.2) is 4.80 Å². The lowest BCUT2D eigenvalue weighted by Gasteiger charge is -2.24. The maximum atomic E-state index is 13.7. The SMILES string of the molecule is CCOC(=O)C1=C(C)N=c2s/c(=C\c3ccccc3OCC)c(=O)n2C1c1ccc(OCC)cc1. The van der Waals surface area contributed by atoms with Crippen LogP contribution in [0.5, 0.6) is 11.5 Å². The fraction of sp³-hybridized carbons (Fsp3) is 0.296. The topological polar surface area (TPSA) is 79.1 Å². The molecular formula is C27H28N2O5S. The number of para-hydroxylation sites is 1. The van der Waals surface area contributed by atoms with Gasteiger partial charge in [-0.05, 0) is 57.5 Å². The van der Waals surface area contributed by atoms with Gasteiger partial charge in [-0.3, -0.25) is 9.36 Å². The zero-order chi connectivity index (χ0) is 24.9. The van der Waals surface area contributed by atoms with E-state index in [9.17, 15) is 9.59 Å². The first-order chi connectivity index (χ1) is 17.0. The Kier molecular flexibility index (Phi) is 7.51. The second-order valence-electron chi connectivity index (χ2n) is 7.78. The molecule has 0 radical (unpaired) electrons. The van der Waals surface area contributed by atoms with Crippen LogP contribution in [0.2, 0.25) is 0 Å². The van der Waals surface area contributed by atoms with Crippen LogP contribution >= 0.6 is 11.3 Å². The smallest absolute Gasteiger partial charge is 0.338 e. The Bertz CT molecular complexity index is 1430. The summed E-state index contributed by atoms with van der Waals surface area (Å²) in [7, 11) is 0. The first kappa shape index (κ1) is 24.5. The summed E-state index contributed by atoms with van der Waals surface area (Å²) in [5.41, 5.74) is 2.23. The minimum Gasteiger partial charge on any atom is -0.494 e. The molecule has 35 heavy (non-hydrogen) atoms. The standard InChI is InChI=1S/C27H28N2O5S/c1-5-32-20-14-12-18(13-15-20)24-23(26(31)34-7-3)17(4)28-27-29(24)25(30)22(35-27)16-19-10-8-9-11-21(19)33-6-2/h8-16,24H,5-7H2,1-4H3/b22-16-.